The number of anilines is 2. The number of esters is 1. The van der Waals surface area contributed by atoms with Crippen molar-refractivity contribution in [3.8, 4) is 0 Å². The van der Waals surface area contributed by atoms with Gasteiger partial charge in [0.25, 0.3) is 5.91 Å². The molecule has 0 bridgehead atoms. The van der Waals surface area contributed by atoms with Crippen LogP contribution in [0.4, 0.5) is 11.4 Å². The molecule has 0 atom stereocenters. The van der Waals surface area contributed by atoms with Crippen molar-refractivity contribution in [1.82, 2.24) is 4.98 Å². The average molecular weight is 383 g/mol. The molecule has 6 nitrogen and oxygen atoms in total. The quantitative estimate of drug-likeness (QED) is 0.653. The highest BCUT2D eigenvalue weighted by Crippen LogP contribution is 2.35. The lowest BCUT2D eigenvalue weighted by Gasteiger charge is -2.09. The normalized spacial score (nSPS) is 10.8. The fraction of sp³-hybridized carbons (Fsp3) is 0.250. The Morgan fingerprint density at radius 1 is 1.26 bits per heavy atom. The minimum Gasteiger partial charge on any atom is -0.451 e. The number of nitrogens with two attached hydrogens (primary N) is 1. The van der Waals surface area contributed by atoms with E-state index < -0.39 is 11.9 Å². The molecule has 7 heteroatoms. The molecule has 1 aromatic carbocycles. The first-order chi connectivity index (χ1) is 12.9. The van der Waals surface area contributed by atoms with E-state index >= 15 is 0 Å². The van der Waals surface area contributed by atoms with Crippen LogP contribution >= 0.6 is 11.3 Å². The van der Waals surface area contributed by atoms with E-state index in [0.29, 0.717) is 10.5 Å². The number of amides is 1. The molecule has 140 valence electrons. The number of thiophene rings is 1. The summed E-state index contributed by atoms with van der Waals surface area (Å²) in [6, 6.07) is 9.43. The summed E-state index contributed by atoms with van der Waals surface area (Å²) in [4.78, 5) is 29.9. The first-order valence-corrected chi connectivity index (χ1v) is 9.43. The summed E-state index contributed by atoms with van der Waals surface area (Å²) in [6.07, 6.45) is 0.792. The van der Waals surface area contributed by atoms with Crippen molar-refractivity contribution in [2.75, 3.05) is 17.7 Å². The Kier molecular flexibility index (Phi) is 5.41. The molecular formula is C20H21N3O3S. The minimum atomic E-state index is -0.619. The summed E-state index contributed by atoms with van der Waals surface area (Å²) in [7, 11) is 0. The fourth-order valence-electron chi connectivity index (χ4n) is 2.95. The lowest BCUT2D eigenvalue weighted by Crippen LogP contribution is -2.21. The van der Waals surface area contributed by atoms with Crippen LogP contribution in [-0.2, 0) is 16.0 Å². The number of pyridine rings is 1. The number of benzene rings is 1. The van der Waals surface area contributed by atoms with Crippen LogP contribution in [0.15, 0.2) is 30.3 Å². The van der Waals surface area contributed by atoms with Crippen LogP contribution in [-0.4, -0.2) is 23.5 Å². The molecule has 2 heterocycles. The van der Waals surface area contributed by atoms with Crippen molar-refractivity contribution in [2.45, 2.75) is 27.2 Å². The number of carbonyl (C=O) groups excluding carboxylic acids is 2. The van der Waals surface area contributed by atoms with E-state index in [9.17, 15) is 9.59 Å². The molecule has 2 aromatic heterocycles. The molecule has 1 amide bonds. The van der Waals surface area contributed by atoms with Crippen molar-refractivity contribution in [2.24, 2.45) is 0 Å². The number of carbonyl (C=O) groups is 2. The number of nitrogen functional groups attached to an aromatic ring is 1. The maximum absolute atomic E-state index is 12.4. The lowest BCUT2D eigenvalue weighted by molar-refractivity contribution is -0.119. The standard InChI is InChI=1S/C20H21N3O3S/c1-4-13-7-5-6-8-14(13)23-15(24)10-26-20(25)18-17(21)16-11(2)9-12(3)22-19(16)27-18/h5-9H,4,10,21H2,1-3H3,(H,23,24). The number of rotatable bonds is 5. The van der Waals surface area contributed by atoms with Crippen LogP contribution in [0.25, 0.3) is 10.2 Å². The number of nitrogens with zero attached hydrogens (tertiary/aromatic N) is 1. The third-order valence-corrected chi connectivity index (χ3v) is 5.30. The van der Waals surface area contributed by atoms with Gasteiger partial charge in [0.05, 0.1) is 5.69 Å². The summed E-state index contributed by atoms with van der Waals surface area (Å²) in [5, 5.41) is 3.53. The SMILES string of the molecule is CCc1ccccc1NC(=O)COC(=O)c1sc2nc(C)cc(C)c2c1N. The molecule has 3 rings (SSSR count). The van der Waals surface area contributed by atoms with E-state index in [0.717, 1.165) is 34.3 Å². The molecular weight excluding hydrogens is 362 g/mol. The third kappa shape index (κ3) is 3.93. The summed E-state index contributed by atoms with van der Waals surface area (Å²) in [6.45, 7) is 5.44. The largest absolute Gasteiger partial charge is 0.451 e. The van der Waals surface area contributed by atoms with Gasteiger partial charge in [0.2, 0.25) is 0 Å². The van der Waals surface area contributed by atoms with Crippen molar-refractivity contribution in [3.63, 3.8) is 0 Å². The Bertz CT molecular complexity index is 1030. The maximum Gasteiger partial charge on any atom is 0.351 e. The lowest BCUT2D eigenvalue weighted by atomic mass is 10.1. The number of aryl methyl sites for hydroxylation is 3. The second-order valence-corrected chi connectivity index (χ2v) is 7.24. The van der Waals surface area contributed by atoms with Crippen LogP contribution in [0.3, 0.4) is 0 Å². The Morgan fingerprint density at radius 2 is 2.00 bits per heavy atom. The molecule has 0 aliphatic rings. The van der Waals surface area contributed by atoms with Crippen molar-refractivity contribution >= 4 is 44.8 Å². The molecule has 0 aliphatic carbocycles. The van der Waals surface area contributed by atoms with Crippen LogP contribution in [0.1, 0.15) is 33.4 Å². The summed E-state index contributed by atoms with van der Waals surface area (Å²) < 4.78 is 5.17. The molecule has 0 saturated carbocycles. The van der Waals surface area contributed by atoms with Gasteiger partial charge in [0, 0.05) is 16.8 Å². The first kappa shape index (κ1) is 18.8. The molecule has 0 radical (unpaired) electrons. The van der Waals surface area contributed by atoms with E-state index in [1.807, 2.05) is 51.1 Å². The Morgan fingerprint density at radius 3 is 2.74 bits per heavy atom. The number of nitrogens with one attached hydrogen (secondary N) is 1. The number of fused-ring (bicyclic) bond motifs is 1. The highest BCUT2D eigenvalue weighted by Gasteiger charge is 2.21. The number of para-hydroxylation sites is 1. The van der Waals surface area contributed by atoms with E-state index in [1.54, 1.807) is 0 Å². The van der Waals surface area contributed by atoms with Gasteiger partial charge in [0.15, 0.2) is 6.61 Å². The van der Waals surface area contributed by atoms with Crippen molar-refractivity contribution in [1.29, 1.82) is 0 Å². The van der Waals surface area contributed by atoms with Crippen LogP contribution in [0.2, 0.25) is 0 Å². The van der Waals surface area contributed by atoms with Gasteiger partial charge in [-0.1, -0.05) is 25.1 Å². The zero-order valence-electron chi connectivity index (χ0n) is 15.5. The van der Waals surface area contributed by atoms with Gasteiger partial charge in [-0.25, -0.2) is 9.78 Å². The van der Waals surface area contributed by atoms with Gasteiger partial charge in [0.1, 0.15) is 9.71 Å². The first-order valence-electron chi connectivity index (χ1n) is 8.61. The van der Waals surface area contributed by atoms with E-state index in [1.165, 1.54) is 11.3 Å². The molecule has 0 unspecified atom stereocenters. The molecule has 3 N–H and O–H groups in total. The van der Waals surface area contributed by atoms with Crippen molar-refractivity contribution < 1.29 is 14.3 Å². The Balaban J connectivity index is 1.71. The fourth-order valence-corrected chi connectivity index (χ4v) is 4.06. The zero-order chi connectivity index (χ0) is 19.6. The number of hydrogen-bond donors (Lipinski definition) is 2. The number of hydrogen-bond acceptors (Lipinski definition) is 6. The van der Waals surface area contributed by atoms with Gasteiger partial charge < -0.3 is 15.8 Å². The van der Waals surface area contributed by atoms with E-state index in [2.05, 4.69) is 10.3 Å². The predicted molar refractivity (Wildman–Crippen MR) is 108 cm³/mol. The highest BCUT2D eigenvalue weighted by molar-refractivity contribution is 7.21. The second kappa shape index (κ2) is 7.75. The minimum absolute atomic E-state index is 0.271. The van der Waals surface area contributed by atoms with Gasteiger partial charge in [-0.05, 0) is 43.5 Å². The van der Waals surface area contributed by atoms with E-state index in [-0.39, 0.29) is 11.5 Å². The maximum atomic E-state index is 12.4. The highest BCUT2D eigenvalue weighted by atomic mass is 32.1. The molecule has 27 heavy (non-hydrogen) atoms. The van der Waals surface area contributed by atoms with Crippen LogP contribution in [0, 0.1) is 13.8 Å². The summed E-state index contributed by atoms with van der Waals surface area (Å²) in [5.41, 5.74) is 10.0. The molecule has 0 saturated heterocycles. The van der Waals surface area contributed by atoms with Crippen LogP contribution in [0.5, 0.6) is 0 Å². The van der Waals surface area contributed by atoms with Crippen molar-refractivity contribution in [3.05, 3.63) is 52.0 Å². The van der Waals surface area contributed by atoms with Gasteiger partial charge in [-0.3, -0.25) is 4.79 Å². The molecule has 0 spiro atoms. The Hall–Kier alpha value is -2.93. The topological polar surface area (TPSA) is 94.3 Å². The van der Waals surface area contributed by atoms with E-state index in [4.69, 9.17) is 10.5 Å². The van der Waals surface area contributed by atoms with Gasteiger partial charge >= 0.3 is 5.97 Å². The molecule has 3 aromatic rings. The predicted octanol–water partition coefficient (Wildman–Crippen LogP) is 3.85. The smallest absolute Gasteiger partial charge is 0.351 e. The molecule has 0 fully saturated rings. The second-order valence-electron chi connectivity index (χ2n) is 6.24. The van der Waals surface area contributed by atoms with Gasteiger partial charge in [-0.15, -0.1) is 11.3 Å². The Labute approximate surface area is 161 Å². The number of ether oxygens (including phenoxy) is 1. The van der Waals surface area contributed by atoms with Gasteiger partial charge in [-0.2, -0.15) is 0 Å². The monoisotopic (exact) mass is 383 g/mol. The third-order valence-electron chi connectivity index (χ3n) is 4.22. The van der Waals surface area contributed by atoms with Crippen LogP contribution < -0.4 is 11.1 Å². The zero-order valence-corrected chi connectivity index (χ0v) is 16.3. The summed E-state index contributed by atoms with van der Waals surface area (Å²) >= 11 is 1.18. The summed E-state index contributed by atoms with van der Waals surface area (Å²) in [5.74, 6) is -1.01. The molecule has 0 aliphatic heterocycles. The number of aromatic nitrogens is 1. The average Bonchev–Trinajstić information content (AvgIpc) is 2.96.